The molecule has 526 valence electrons. The van der Waals surface area contributed by atoms with Crippen LogP contribution in [-0.4, -0.2) is 146 Å². The Morgan fingerprint density at radius 1 is 0.552 bits per heavy atom. The van der Waals surface area contributed by atoms with Crippen LogP contribution >= 0.6 is 0 Å². The van der Waals surface area contributed by atoms with Crippen LogP contribution < -0.4 is 21.7 Å². The van der Waals surface area contributed by atoms with Gasteiger partial charge in [0.2, 0.25) is 23.6 Å². The van der Waals surface area contributed by atoms with Gasteiger partial charge in [-0.1, -0.05) is 72.4 Å². The van der Waals surface area contributed by atoms with Crippen LogP contribution in [0.15, 0.2) is 128 Å². The number of hydrogen-bond donors (Lipinski definition) is 5. The predicted molar refractivity (Wildman–Crippen MR) is 346 cm³/mol. The Kier molecular flexibility index (Phi) is 21.3. The van der Waals surface area contributed by atoms with Gasteiger partial charge in [0, 0.05) is 83.6 Å². The van der Waals surface area contributed by atoms with E-state index >= 15 is 0 Å². The third-order valence-electron chi connectivity index (χ3n) is 19.3. The smallest absolute Gasteiger partial charge is 0.235 e. The predicted octanol–water partition coefficient (Wildman–Crippen LogP) is 9.08. The van der Waals surface area contributed by atoms with Crippen molar-refractivity contribution in [1.29, 1.82) is 0 Å². The summed E-state index contributed by atoms with van der Waals surface area (Å²) >= 11 is 0. The highest BCUT2D eigenvalue weighted by Gasteiger charge is 2.59. The zero-order valence-corrected chi connectivity index (χ0v) is 51.3. The minimum atomic E-state index is -1.23. The standard InChI is InChI=1S/C17H19F2N3O2.C17H18F2N2O2.C16H18F2N2O3.C16H16F2N2O3.3CH4.3H2/c1-22-15(23)12-7-14(9-2-3-9)24-8-17(12,21-16(22)20)11-5-4-10(18)6-13(11)19;1-4-12-8-14-16(22)21(3)10(2)20-17(14,9-23-12)13-6-5-11(18)7-15(13)19;2*1-9-19-16(12-4-3-10(17)5-14(12)18)8-23-11(7-21)6-13(16)15(22)20(9)2;;;;;;/h4-6,9,12,14H,2-3,7-8H2,1H3,(H2,20,21);4-7,12,14,20H,1-2,8-9H2,3H3;3-5,11,13,19,21H,1,6-8H2,2H3;3-5,7,11,13,19H,1,6,8H2,2H3;3*1H4;3*1H/t12-,14+,17+;12-,14-,17+;2*11-,13+,16-;;;;;;/m0011....../s1/i;;;;;;;3*1+1D. The first kappa shape index (κ1) is 70.3. The number of guanidine groups is 1. The summed E-state index contributed by atoms with van der Waals surface area (Å²) in [6, 6.07) is 13.1. The van der Waals surface area contributed by atoms with Crippen LogP contribution in [-0.2, 0) is 65.1 Å². The van der Waals surface area contributed by atoms with Crippen molar-refractivity contribution in [3.63, 3.8) is 0 Å². The van der Waals surface area contributed by atoms with Crippen molar-refractivity contribution < 1.29 is 92.1 Å². The molecule has 6 N–H and O–H groups in total. The van der Waals surface area contributed by atoms with Gasteiger partial charge in [-0.15, -0.1) is 6.58 Å². The number of aliphatic hydroxyl groups excluding tert-OH is 1. The van der Waals surface area contributed by atoms with Crippen LogP contribution in [0, 0.1) is 76.1 Å². The average molecular weight is 1360 g/mol. The first-order valence-electron chi connectivity index (χ1n) is 32.9. The molecule has 96 heavy (non-hydrogen) atoms. The third-order valence-corrected chi connectivity index (χ3v) is 19.3. The van der Waals surface area contributed by atoms with E-state index in [0.717, 1.165) is 49.2 Å². The molecule has 0 radical (unpaired) electrons. The molecule has 4 aromatic carbocycles. The van der Waals surface area contributed by atoms with E-state index in [1.54, 1.807) is 34.3 Å². The molecule has 7 saturated heterocycles. The van der Waals surface area contributed by atoms with Crippen molar-refractivity contribution in [2.75, 3.05) is 61.2 Å². The van der Waals surface area contributed by atoms with Gasteiger partial charge < -0.3 is 65.2 Å². The summed E-state index contributed by atoms with van der Waals surface area (Å²) < 4.78 is 163. The maximum Gasteiger partial charge on any atom is 0.235 e. The van der Waals surface area contributed by atoms with E-state index in [-0.39, 0.29) is 132 Å². The fourth-order valence-electron chi connectivity index (χ4n) is 13.8. The SMILES string of the molecule is C.C.C.C=C1N[C@@]2(c3ccc(F)cc3F)CO[C@@H](C=O)C[C@H]2C(=O)N1C.C=C1N[C@@]2(c3ccc(F)cc3F)CO[C@@H](CO)C[C@H]2C(=O)N1C.C=C[C@H]1C[C@H]2C(=O)N(C)C(=C)N[C@@]2(c2ccc(F)cc2F)CO1.CN1C(=O)[C@@H]2C[C@H](C3CC3)OC[C@]2(c2ccc(F)cc2F)N=C1N.[2H][2H].[2H][2H].[2H][2H]. The number of halogens is 8. The van der Waals surface area contributed by atoms with E-state index < -0.39 is 105 Å². The monoisotopic (exact) mass is 1360 g/mol. The van der Waals surface area contributed by atoms with Gasteiger partial charge in [0.05, 0.1) is 75.0 Å². The summed E-state index contributed by atoms with van der Waals surface area (Å²) in [5.41, 5.74) is 1.83. The first-order chi connectivity index (χ1) is 47.1. The van der Waals surface area contributed by atoms with Crippen LogP contribution in [0.1, 0.15) is 92.0 Å². The number of fused-ring (bicyclic) bond motifs is 4. The Morgan fingerprint density at radius 2 is 0.917 bits per heavy atom. The number of hydrogen-bond acceptors (Lipinski definition) is 15. The molecule has 4 amide bonds. The summed E-state index contributed by atoms with van der Waals surface area (Å²) in [5, 5.41) is 18.6. The van der Waals surface area contributed by atoms with Gasteiger partial charge in [-0.25, -0.2) is 40.1 Å². The van der Waals surface area contributed by atoms with Crippen LogP contribution in [0.3, 0.4) is 0 Å². The molecular weight excluding hydrogens is 1270 g/mol. The number of carbonyl (C=O) groups excluding carboxylic acids is 5. The zero-order chi connectivity index (χ0) is 73.4. The van der Waals surface area contributed by atoms with Crippen LogP contribution in [0.25, 0.3) is 0 Å². The van der Waals surface area contributed by atoms with Crippen molar-refractivity contribution in [3.8, 4) is 0 Å². The van der Waals surface area contributed by atoms with Crippen LogP contribution in [0.5, 0.6) is 0 Å². The minimum absolute atomic E-state index is 0. The summed E-state index contributed by atoms with van der Waals surface area (Å²) in [6.45, 7) is 14.9. The molecule has 12 atom stereocenters. The number of ether oxygens (including phenoxy) is 4. The minimum Gasteiger partial charge on any atom is -0.394 e. The molecule has 1 aliphatic carbocycles. The fraction of sp³-hybridized carbons (Fsp3) is 0.449. The number of aliphatic hydroxyl groups is 1. The molecule has 8 aliphatic heterocycles. The third kappa shape index (κ3) is 13.5. The molecule has 0 aromatic heterocycles. The number of rotatable bonds is 8. The van der Waals surface area contributed by atoms with Gasteiger partial charge in [-0.05, 0) is 68.7 Å². The molecule has 27 heteroatoms. The van der Waals surface area contributed by atoms with Crippen LogP contribution in [0.4, 0.5) is 35.1 Å². The number of benzene rings is 4. The van der Waals surface area contributed by atoms with E-state index in [4.69, 9.17) is 33.6 Å². The maximum absolute atomic E-state index is 14.5. The van der Waals surface area contributed by atoms with E-state index in [1.807, 2.05) is 0 Å². The Morgan fingerprint density at radius 3 is 1.29 bits per heavy atom. The van der Waals surface area contributed by atoms with E-state index in [9.17, 15) is 64.2 Å². The lowest BCUT2D eigenvalue weighted by molar-refractivity contribution is -0.157. The number of nitrogens with two attached hydrogens (primary N) is 1. The molecular formula is C69H89F8N9O10. The second kappa shape index (κ2) is 29.1. The van der Waals surface area contributed by atoms with Gasteiger partial charge in [0.25, 0.3) is 0 Å². The molecule has 8 heterocycles. The number of nitrogens with one attached hydrogen (secondary N) is 3. The lowest BCUT2D eigenvalue weighted by Crippen LogP contribution is -2.66. The second-order valence-corrected chi connectivity index (χ2v) is 24.6. The van der Waals surface area contributed by atoms with E-state index in [0.29, 0.717) is 42.5 Å². The summed E-state index contributed by atoms with van der Waals surface area (Å²) in [4.78, 5) is 71.8. The van der Waals surface area contributed by atoms with Crippen molar-refractivity contribution in [1.82, 2.24) is 35.6 Å². The fourth-order valence-corrected chi connectivity index (χ4v) is 13.8. The van der Waals surface area contributed by atoms with E-state index in [1.165, 1.54) is 56.0 Å². The van der Waals surface area contributed by atoms with Gasteiger partial charge >= 0.3 is 0 Å². The normalized spacial score (nSPS) is 30.6. The quantitative estimate of drug-likeness (QED) is 0.0630. The summed E-state index contributed by atoms with van der Waals surface area (Å²) in [7, 11) is 6.30. The number of aldehydes is 1. The van der Waals surface area contributed by atoms with Gasteiger partial charge in [-0.3, -0.25) is 24.1 Å². The van der Waals surface area contributed by atoms with Crippen LogP contribution in [0.2, 0.25) is 0 Å². The molecule has 0 unspecified atom stereocenters. The van der Waals surface area contributed by atoms with Crippen molar-refractivity contribution in [2.24, 2.45) is 40.3 Å². The lowest BCUT2D eigenvalue weighted by atomic mass is 9.71. The summed E-state index contributed by atoms with van der Waals surface area (Å²) in [5.74, 6) is -7.65. The van der Waals surface area contributed by atoms with Gasteiger partial charge in [-0.2, -0.15) is 0 Å². The zero-order valence-electron chi connectivity index (χ0n) is 57.3. The highest BCUT2D eigenvalue weighted by molar-refractivity contribution is 6.00. The molecule has 9 aliphatic rings. The number of carbonyl (C=O) groups is 5. The molecule has 4 aromatic rings. The number of nitrogens with zero attached hydrogens (tertiary/aromatic N) is 5. The highest BCUT2D eigenvalue weighted by atomic mass is 19.2. The number of amides is 4. The highest BCUT2D eigenvalue weighted by Crippen LogP contribution is 2.51. The number of aliphatic imine (C=N–C) groups is 1. The molecule has 0 spiro atoms. The topological polar surface area (TPSA) is 230 Å². The first-order valence-corrected chi connectivity index (χ1v) is 29.9. The average Bonchev–Trinajstić information content (AvgIpc) is 1.23. The summed E-state index contributed by atoms with van der Waals surface area (Å²) in [6.07, 6.45) is 4.08. The Labute approximate surface area is 562 Å². The lowest BCUT2D eigenvalue weighted by Gasteiger charge is -2.52. The maximum atomic E-state index is 14.5. The molecule has 19 nitrogen and oxygen atoms in total. The van der Waals surface area contributed by atoms with Crippen molar-refractivity contribution in [3.05, 3.63) is 191 Å². The molecule has 0 bridgehead atoms. The van der Waals surface area contributed by atoms with Crippen molar-refractivity contribution >= 4 is 35.9 Å². The Bertz CT molecular complexity index is 3650. The van der Waals surface area contributed by atoms with Gasteiger partial charge in [0.1, 0.15) is 98.5 Å². The van der Waals surface area contributed by atoms with E-state index in [2.05, 4.69) is 47.3 Å². The largest absolute Gasteiger partial charge is 0.394 e. The van der Waals surface area contributed by atoms with Gasteiger partial charge in [0.15, 0.2) is 5.96 Å². The Balaban J connectivity index is 0.000000278. The molecule has 8 fully saturated rings. The van der Waals surface area contributed by atoms with Crippen molar-refractivity contribution in [2.45, 2.75) is 107 Å². The second-order valence-electron chi connectivity index (χ2n) is 24.6. The molecule has 13 rings (SSSR count). The Hall–Kier alpha value is -8.50. The molecule has 1 saturated carbocycles.